The summed E-state index contributed by atoms with van der Waals surface area (Å²) in [6, 6.07) is 14.8. The smallest absolute Gasteiger partial charge is 0.166 e. The summed E-state index contributed by atoms with van der Waals surface area (Å²) in [4.78, 5) is 12.0. The van der Waals surface area contributed by atoms with Crippen molar-refractivity contribution >= 4 is 11.4 Å². The van der Waals surface area contributed by atoms with Gasteiger partial charge in [0, 0.05) is 12.0 Å². The lowest BCUT2D eigenvalue weighted by Gasteiger charge is -2.02. The average Bonchev–Trinajstić information content (AvgIpc) is 2.53. The zero-order valence-corrected chi connectivity index (χ0v) is 11.6. The summed E-state index contributed by atoms with van der Waals surface area (Å²) >= 11 is 0. The molecule has 2 aromatic carbocycles. The highest BCUT2D eigenvalue weighted by molar-refractivity contribution is 5.97. The molecule has 0 saturated heterocycles. The van der Waals surface area contributed by atoms with Gasteiger partial charge in [-0.15, -0.1) is 0 Å². The number of nitrogens with zero attached hydrogens (tertiary/aromatic N) is 1. The van der Waals surface area contributed by atoms with E-state index < -0.39 is 0 Å². The van der Waals surface area contributed by atoms with Gasteiger partial charge in [-0.3, -0.25) is 4.79 Å². The molecule has 0 N–H and O–H groups in total. The van der Waals surface area contributed by atoms with E-state index in [1.807, 2.05) is 19.1 Å². The number of carbonyl (C=O) groups is 1. The van der Waals surface area contributed by atoms with Crippen LogP contribution >= 0.6 is 0 Å². The van der Waals surface area contributed by atoms with Crippen LogP contribution in [0.2, 0.25) is 0 Å². The molecule has 0 radical (unpaired) electrons. The molecule has 0 spiro atoms. The first-order valence-corrected chi connectivity index (χ1v) is 6.56. The largest absolute Gasteiger partial charge is 0.294 e. The second-order valence-corrected chi connectivity index (χ2v) is 4.71. The molecule has 0 aromatic heterocycles. The number of nitriles is 1. The molecule has 0 fully saturated rings. The fourth-order valence-electron chi connectivity index (χ4n) is 1.92. The Labute approximate surface area is 123 Å². The molecule has 0 amide bonds. The summed E-state index contributed by atoms with van der Waals surface area (Å²) in [5, 5.41) is 8.72. The predicted octanol–water partition coefficient (Wildman–Crippen LogP) is 4.37. The standard InChI is InChI=1S/C18H14FNO/c1-13(15-7-9-17(19)10-8-15)2-11-18(21)16-5-3-14(12-20)4-6-16/h2-10H,11H2,1H3. The minimum Gasteiger partial charge on any atom is -0.294 e. The molecular formula is C18H14FNO. The van der Waals surface area contributed by atoms with E-state index in [0.29, 0.717) is 11.1 Å². The van der Waals surface area contributed by atoms with E-state index in [0.717, 1.165) is 11.1 Å². The first-order valence-electron chi connectivity index (χ1n) is 6.56. The maximum atomic E-state index is 12.9. The van der Waals surface area contributed by atoms with Crippen LogP contribution in [0.4, 0.5) is 4.39 Å². The van der Waals surface area contributed by atoms with Crippen LogP contribution in [-0.4, -0.2) is 5.78 Å². The zero-order chi connectivity index (χ0) is 15.2. The Bertz CT molecular complexity index is 706. The molecule has 2 nitrogen and oxygen atoms in total. The van der Waals surface area contributed by atoms with Crippen molar-refractivity contribution < 1.29 is 9.18 Å². The van der Waals surface area contributed by atoms with E-state index in [4.69, 9.17) is 5.26 Å². The van der Waals surface area contributed by atoms with Crippen LogP contribution < -0.4 is 0 Å². The summed E-state index contributed by atoms with van der Waals surface area (Å²) in [5.41, 5.74) is 2.93. The first-order chi connectivity index (χ1) is 10.1. The minimum absolute atomic E-state index is 0.0130. The number of benzene rings is 2. The van der Waals surface area contributed by atoms with Crippen LogP contribution in [0, 0.1) is 17.1 Å². The van der Waals surface area contributed by atoms with Gasteiger partial charge in [-0.25, -0.2) is 4.39 Å². The third kappa shape index (κ3) is 3.87. The third-order valence-corrected chi connectivity index (χ3v) is 3.23. The summed E-state index contributed by atoms with van der Waals surface area (Å²) in [6.45, 7) is 1.89. The molecule has 0 unspecified atom stereocenters. The molecule has 2 aromatic rings. The highest BCUT2D eigenvalue weighted by atomic mass is 19.1. The van der Waals surface area contributed by atoms with E-state index in [2.05, 4.69) is 0 Å². The van der Waals surface area contributed by atoms with Gasteiger partial charge in [0.1, 0.15) is 5.82 Å². The Morgan fingerprint density at radius 2 is 1.67 bits per heavy atom. The number of carbonyl (C=O) groups excluding carboxylic acids is 1. The van der Waals surface area contributed by atoms with Crippen molar-refractivity contribution in [3.05, 3.63) is 77.1 Å². The maximum absolute atomic E-state index is 12.9. The van der Waals surface area contributed by atoms with Gasteiger partial charge in [0.15, 0.2) is 5.78 Å². The lowest BCUT2D eigenvalue weighted by molar-refractivity contribution is 0.0996. The van der Waals surface area contributed by atoms with Crippen LogP contribution in [-0.2, 0) is 0 Å². The highest BCUT2D eigenvalue weighted by Crippen LogP contribution is 2.16. The topological polar surface area (TPSA) is 40.9 Å². The Morgan fingerprint density at radius 1 is 1.10 bits per heavy atom. The van der Waals surface area contributed by atoms with E-state index in [9.17, 15) is 9.18 Å². The van der Waals surface area contributed by atoms with Crippen molar-refractivity contribution in [3.8, 4) is 6.07 Å². The molecule has 0 saturated carbocycles. The Balaban J connectivity index is 2.07. The molecule has 0 aliphatic carbocycles. The Kier molecular flexibility index (Phi) is 4.63. The quantitative estimate of drug-likeness (QED) is 0.779. The molecule has 2 rings (SSSR count). The molecule has 0 bridgehead atoms. The SMILES string of the molecule is CC(=CCC(=O)c1ccc(C#N)cc1)c1ccc(F)cc1. The number of ketones is 1. The van der Waals surface area contributed by atoms with Gasteiger partial charge >= 0.3 is 0 Å². The molecule has 0 aliphatic heterocycles. The van der Waals surface area contributed by atoms with Crippen molar-refractivity contribution in [1.29, 1.82) is 5.26 Å². The second kappa shape index (κ2) is 6.62. The van der Waals surface area contributed by atoms with Gasteiger partial charge in [0.25, 0.3) is 0 Å². The van der Waals surface area contributed by atoms with Gasteiger partial charge in [-0.05, 0) is 42.3 Å². The maximum Gasteiger partial charge on any atom is 0.166 e. The number of allylic oxidation sites excluding steroid dienone is 2. The van der Waals surface area contributed by atoms with E-state index in [1.54, 1.807) is 36.4 Å². The summed E-state index contributed by atoms with van der Waals surface area (Å²) < 4.78 is 12.9. The first kappa shape index (κ1) is 14.7. The van der Waals surface area contributed by atoms with Crippen LogP contribution in [0.1, 0.15) is 34.8 Å². The number of rotatable bonds is 4. The molecule has 3 heteroatoms. The van der Waals surface area contributed by atoms with Crippen molar-refractivity contribution in [3.63, 3.8) is 0 Å². The number of hydrogen-bond donors (Lipinski definition) is 0. The Morgan fingerprint density at radius 3 is 2.24 bits per heavy atom. The summed E-state index contributed by atoms with van der Waals surface area (Å²) in [7, 11) is 0. The number of halogens is 1. The minimum atomic E-state index is -0.278. The molecule has 0 heterocycles. The number of hydrogen-bond acceptors (Lipinski definition) is 2. The molecule has 104 valence electrons. The van der Waals surface area contributed by atoms with E-state index >= 15 is 0 Å². The zero-order valence-electron chi connectivity index (χ0n) is 11.6. The third-order valence-electron chi connectivity index (χ3n) is 3.23. The Hall–Kier alpha value is -2.73. The second-order valence-electron chi connectivity index (χ2n) is 4.71. The van der Waals surface area contributed by atoms with Crippen LogP contribution in [0.25, 0.3) is 5.57 Å². The van der Waals surface area contributed by atoms with Crippen molar-refractivity contribution in [2.24, 2.45) is 0 Å². The van der Waals surface area contributed by atoms with Gasteiger partial charge in [-0.2, -0.15) is 5.26 Å². The van der Waals surface area contributed by atoms with Gasteiger partial charge in [-0.1, -0.05) is 30.3 Å². The molecule has 0 aliphatic rings. The van der Waals surface area contributed by atoms with Gasteiger partial charge in [0.2, 0.25) is 0 Å². The van der Waals surface area contributed by atoms with Gasteiger partial charge < -0.3 is 0 Å². The lowest BCUT2D eigenvalue weighted by Crippen LogP contribution is -1.97. The molecule has 21 heavy (non-hydrogen) atoms. The van der Waals surface area contributed by atoms with Crippen LogP contribution in [0.3, 0.4) is 0 Å². The summed E-state index contributed by atoms with van der Waals surface area (Å²) in [6.07, 6.45) is 2.10. The fourth-order valence-corrected chi connectivity index (χ4v) is 1.92. The van der Waals surface area contributed by atoms with Crippen molar-refractivity contribution in [1.82, 2.24) is 0 Å². The van der Waals surface area contributed by atoms with Crippen molar-refractivity contribution in [2.45, 2.75) is 13.3 Å². The monoisotopic (exact) mass is 279 g/mol. The lowest BCUT2D eigenvalue weighted by atomic mass is 10.0. The molecule has 0 atom stereocenters. The van der Waals surface area contributed by atoms with E-state index in [-0.39, 0.29) is 18.0 Å². The van der Waals surface area contributed by atoms with Crippen molar-refractivity contribution in [2.75, 3.05) is 0 Å². The van der Waals surface area contributed by atoms with Crippen LogP contribution in [0.15, 0.2) is 54.6 Å². The number of Topliss-reactive ketones (excluding diaryl/α,β-unsaturated/α-hetero) is 1. The summed E-state index contributed by atoms with van der Waals surface area (Å²) in [5.74, 6) is -0.291. The normalized spacial score (nSPS) is 11.0. The fraction of sp³-hybridized carbons (Fsp3) is 0.111. The predicted molar refractivity (Wildman–Crippen MR) is 80.2 cm³/mol. The highest BCUT2D eigenvalue weighted by Gasteiger charge is 2.05. The average molecular weight is 279 g/mol. The van der Waals surface area contributed by atoms with Crippen LogP contribution in [0.5, 0.6) is 0 Å². The van der Waals surface area contributed by atoms with Gasteiger partial charge in [0.05, 0.1) is 11.6 Å². The molecular weight excluding hydrogens is 265 g/mol. The van der Waals surface area contributed by atoms with E-state index in [1.165, 1.54) is 12.1 Å².